The van der Waals surface area contributed by atoms with E-state index in [1.165, 1.54) is 19.2 Å². The van der Waals surface area contributed by atoms with Crippen LogP contribution < -0.4 is 20.1 Å². The molecule has 226 valence electrons. The van der Waals surface area contributed by atoms with E-state index in [9.17, 15) is 14.4 Å². The molecular weight excluding hydrogens is 582 g/mol. The third kappa shape index (κ3) is 7.30. The molecule has 2 atom stereocenters. The second-order valence-electron chi connectivity index (χ2n) is 10.4. The zero-order valence-corrected chi connectivity index (χ0v) is 24.8. The molecule has 0 aromatic heterocycles. The number of likely N-dealkylation sites (tertiary alicyclic amines) is 1. The summed E-state index contributed by atoms with van der Waals surface area (Å²) in [5.74, 6) is -0.117. The number of benzene rings is 4. The van der Waals surface area contributed by atoms with Crippen LogP contribution in [0.15, 0.2) is 97.1 Å². The third-order valence-electron chi connectivity index (χ3n) is 7.51. The zero-order valence-electron chi connectivity index (χ0n) is 24.0. The summed E-state index contributed by atoms with van der Waals surface area (Å²) in [6, 6.07) is 27.5. The lowest BCUT2D eigenvalue weighted by Gasteiger charge is -2.31. The zero-order chi connectivity index (χ0) is 31.1. The summed E-state index contributed by atoms with van der Waals surface area (Å²) in [7, 11) is 1.50. The van der Waals surface area contributed by atoms with Crippen molar-refractivity contribution in [3.8, 4) is 11.5 Å². The Morgan fingerprint density at radius 1 is 0.886 bits per heavy atom. The minimum atomic E-state index is -1.00. The maximum Gasteiger partial charge on any atom is 0.335 e. The van der Waals surface area contributed by atoms with Gasteiger partial charge in [-0.15, -0.1) is 0 Å². The van der Waals surface area contributed by atoms with E-state index >= 15 is 0 Å². The second-order valence-corrected chi connectivity index (χ2v) is 10.8. The Labute approximate surface area is 260 Å². The molecule has 4 aromatic carbocycles. The van der Waals surface area contributed by atoms with E-state index in [1.54, 1.807) is 54.6 Å². The number of halogens is 1. The summed E-state index contributed by atoms with van der Waals surface area (Å²) in [5, 5.41) is 15.1. The molecule has 0 bridgehead atoms. The van der Waals surface area contributed by atoms with Crippen molar-refractivity contribution in [2.75, 3.05) is 24.4 Å². The number of carbonyl (C=O) groups is 3. The van der Waals surface area contributed by atoms with Gasteiger partial charge in [0.05, 0.1) is 47.6 Å². The third-order valence-corrected chi connectivity index (χ3v) is 7.84. The number of nitrogens with zero attached hydrogens (tertiary/aromatic N) is 1. The van der Waals surface area contributed by atoms with E-state index in [-0.39, 0.29) is 36.6 Å². The first-order valence-corrected chi connectivity index (χ1v) is 14.5. The van der Waals surface area contributed by atoms with E-state index in [0.717, 1.165) is 24.0 Å². The predicted molar refractivity (Wildman–Crippen MR) is 169 cm³/mol. The molecule has 4 aromatic rings. The first-order valence-electron chi connectivity index (χ1n) is 14.1. The standard InChI is InChI=1S/C34H32ClN3O6/c1-43-31-19-22(11-17-29(31)37-34(42)36-28-10-6-5-9-27(28)35)20-32(39)38-25(14-18-30(38)23-7-3-2-4-8-23)21-44-26-15-12-24(13-16-26)33(40)41/h2-13,15-17,19,25,30H,14,18,20-21H2,1H3,(H,40,41)(H2,36,37,42). The normalized spacial score (nSPS) is 15.8. The molecule has 2 unspecified atom stereocenters. The highest BCUT2D eigenvalue weighted by Gasteiger charge is 2.38. The van der Waals surface area contributed by atoms with Crippen molar-refractivity contribution in [1.29, 1.82) is 0 Å². The number of methoxy groups -OCH3 is 1. The first kappa shape index (κ1) is 30.4. The minimum absolute atomic E-state index is 0.0644. The number of nitrogens with one attached hydrogen (secondary N) is 2. The highest BCUT2D eigenvalue weighted by Crippen LogP contribution is 2.37. The number of carboxylic acid groups (broad SMARTS) is 1. The van der Waals surface area contributed by atoms with Crippen LogP contribution in [-0.2, 0) is 11.2 Å². The van der Waals surface area contributed by atoms with E-state index in [2.05, 4.69) is 10.6 Å². The quantitative estimate of drug-likeness (QED) is 0.177. The Bertz CT molecular complexity index is 1630. The van der Waals surface area contributed by atoms with Gasteiger partial charge in [0.1, 0.15) is 18.1 Å². The fraction of sp³-hybridized carbons (Fsp3) is 0.206. The minimum Gasteiger partial charge on any atom is -0.495 e. The molecule has 10 heteroatoms. The van der Waals surface area contributed by atoms with Crippen LogP contribution in [0.1, 0.15) is 40.4 Å². The van der Waals surface area contributed by atoms with Gasteiger partial charge in [0.2, 0.25) is 5.91 Å². The van der Waals surface area contributed by atoms with Gasteiger partial charge in [-0.05, 0) is 72.5 Å². The van der Waals surface area contributed by atoms with E-state index in [1.807, 2.05) is 35.2 Å². The summed E-state index contributed by atoms with van der Waals surface area (Å²) < 4.78 is 11.6. The summed E-state index contributed by atoms with van der Waals surface area (Å²) in [6.45, 7) is 0.272. The number of para-hydroxylation sites is 1. The van der Waals surface area contributed by atoms with Gasteiger partial charge < -0.3 is 30.1 Å². The second kappa shape index (κ2) is 14.0. The smallest absolute Gasteiger partial charge is 0.335 e. The average molecular weight is 614 g/mol. The van der Waals surface area contributed by atoms with Gasteiger partial charge in [-0.25, -0.2) is 9.59 Å². The lowest BCUT2D eigenvalue weighted by molar-refractivity contribution is -0.134. The van der Waals surface area contributed by atoms with Gasteiger partial charge in [-0.2, -0.15) is 0 Å². The van der Waals surface area contributed by atoms with Crippen molar-refractivity contribution in [2.24, 2.45) is 0 Å². The topological polar surface area (TPSA) is 117 Å². The van der Waals surface area contributed by atoms with Gasteiger partial charge in [-0.3, -0.25) is 4.79 Å². The molecule has 1 heterocycles. The fourth-order valence-electron chi connectivity index (χ4n) is 5.37. The van der Waals surface area contributed by atoms with Gasteiger partial charge in [0.25, 0.3) is 0 Å². The number of carboxylic acids is 1. The average Bonchev–Trinajstić information content (AvgIpc) is 3.46. The van der Waals surface area contributed by atoms with Crippen LogP contribution >= 0.6 is 11.6 Å². The van der Waals surface area contributed by atoms with Crippen molar-refractivity contribution >= 4 is 40.9 Å². The number of amides is 3. The number of anilines is 2. The van der Waals surface area contributed by atoms with Crippen LogP contribution in [0.25, 0.3) is 0 Å². The van der Waals surface area contributed by atoms with Crippen LogP contribution in [0, 0.1) is 0 Å². The molecule has 3 N–H and O–H groups in total. The molecule has 9 nitrogen and oxygen atoms in total. The summed E-state index contributed by atoms with van der Waals surface area (Å²) in [5.41, 5.74) is 2.87. The summed E-state index contributed by atoms with van der Waals surface area (Å²) in [6.07, 6.45) is 1.66. The van der Waals surface area contributed by atoms with Gasteiger partial charge >= 0.3 is 12.0 Å². The molecule has 44 heavy (non-hydrogen) atoms. The van der Waals surface area contributed by atoms with Crippen LogP contribution in [0.4, 0.5) is 16.2 Å². The van der Waals surface area contributed by atoms with Crippen LogP contribution in [0.5, 0.6) is 11.5 Å². The van der Waals surface area contributed by atoms with Gasteiger partial charge in [0, 0.05) is 0 Å². The van der Waals surface area contributed by atoms with Crippen molar-refractivity contribution in [3.63, 3.8) is 0 Å². The molecule has 3 amide bonds. The summed E-state index contributed by atoms with van der Waals surface area (Å²) >= 11 is 6.15. The van der Waals surface area contributed by atoms with Crippen LogP contribution in [0.3, 0.4) is 0 Å². The number of hydrogen-bond acceptors (Lipinski definition) is 5. The molecule has 0 radical (unpaired) electrons. The van der Waals surface area contributed by atoms with Crippen molar-refractivity contribution in [1.82, 2.24) is 4.90 Å². The summed E-state index contributed by atoms with van der Waals surface area (Å²) in [4.78, 5) is 39.6. The van der Waals surface area contributed by atoms with Crippen molar-refractivity contribution in [3.05, 3.63) is 119 Å². The van der Waals surface area contributed by atoms with E-state index in [4.69, 9.17) is 26.2 Å². The molecule has 0 spiro atoms. The largest absolute Gasteiger partial charge is 0.495 e. The highest BCUT2D eigenvalue weighted by atomic mass is 35.5. The first-order chi connectivity index (χ1) is 21.3. The highest BCUT2D eigenvalue weighted by molar-refractivity contribution is 6.33. The molecule has 1 fully saturated rings. The Morgan fingerprint density at radius 2 is 1.59 bits per heavy atom. The van der Waals surface area contributed by atoms with Crippen molar-refractivity contribution in [2.45, 2.75) is 31.3 Å². The molecular formula is C34H32ClN3O6. The lowest BCUT2D eigenvalue weighted by atomic mass is 10.0. The lowest BCUT2D eigenvalue weighted by Crippen LogP contribution is -2.41. The number of hydrogen-bond donors (Lipinski definition) is 3. The maximum absolute atomic E-state index is 13.9. The van der Waals surface area contributed by atoms with Gasteiger partial charge in [-0.1, -0.05) is 60.1 Å². The molecule has 1 saturated heterocycles. The van der Waals surface area contributed by atoms with Crippen LogP contribution in [-0.4, -0.2) is 47.7 Å². The number of carbonyl (C=O) groups excluding carboxylic acids is 2. The number of urea groups is 1. The van der Waals surface area contributed by atoms with E-state index < -0.39 is 12.0 Å². The number of rotatable bonds is 10. The Balaban J connectivity index is 1.30. The van der Waals surface area contributed by atoms with E-state index in [0.29, 0.717) is 27.9 Å². The Morgan fingerprint density at radius 3 is 2.30 bits per heavy atom. The molecule has 5 rings (SSSR count). The molecule has 0 saturated carbocycles. The fourth-order valence-corrected chi connectivity index (χ4v) is 5.55. The Hall–Kier alpha value is -5.02. The van der Waals surface area contributed by atoms with Gasteiger partial charge in [0.15, 0.2) is 0 Å². The van der Waals surface area contributed by atoms with Crippen molar-refractivity contribution < 1.29 is 29.0 Å². The maximum atomic E-state index is 13.9. The predicted octanol–water partition coefficient (Wildman–Crippen LogP) is 7.04. The number of aromatic carboxylic acids is 1. The molecule has 0 aliphatic carbocycles. The molecule has 1 aliphatic heterocycles. The monoisotopic (exact) mass is 613 g/mol. The Kier molecular flexibility index (Phi) is 9.66. The SMILES string of the molecule is COc1cc(CC(=O)N2C(COc3ccc(C(=O)O)cc3)CCC2c2ccccc2)ccc1NC(=O)Nc1ccccc1Cl. The van der Waals surface area contributed by atoms with Crippen LogP contribution in [0.2, 0.25) is 5.02 Å². The molecule has 1 aliphatic rings. The number of ether oxygens (including phenoxy) is 2.